The van der Waals surface area contributed by atoms with Crippen LogP contribution in [-0.4, -0.2) is 34.7 Å². The highest BCUT2D eigenvalue weighted by molar-refractivity contribution is 5.71. The molecule has 2 heterocycles. The first-order chi connectivity index (χ1) is 26.5. The fourth-order valence-corrected chi connectivity index (χ4v) is 7.93. The van der Waals surface area contributed by atoms with Crippen LogP contribution in [0.15, 0.2) is 162 Å². The molecular weight excluding hydrogens is 673 g/mol. The number of pyridine rings is 2. The number of nitrogens with zero attached hydrogens (tertiary/aromatic N) is 6. The van der Waals surface area contributed by atoms with Gasteiger partial charge in [-0.3, -0.25) is 15.0 Å². The van der Waals surface area contributed by atoms with E-state index in [-0.39, 0.29) is 22.3 Å². The molecule has 0 aliphatic heterocycles. The minimum absolute atomic E-state index is 0.0993. The fraction of sp³-hybridized carbons (Fsp3) is 0.367. The molecule has 55 heavy (non-hydrogen) atoms. The van der Waals surface area contributed by atoms with E-state index in [1.165, 1.54) is 5.56 Å². The van der Waals surface area contributed by atoms with Gasteiger partial charge in [0, 0.05) is 60.3 Å². The number of aliphatic imine (C=N–C) groups is 1. The zero-order valence-electron chi connectivity index (χ0n) is 34.5. The van der Waals surface area contributed by atoms with Crippen LogP contribution in [0.25, 0.3) is 0 Å². The molecule has 2 aliphatic rings. The van der Waals surface area contributed by atoms with Gasteiger partial charge in [0.1, 0.15) is 0 Å². The summed E-state index contributed by atoms with van der Waals surface area (Å²) < 4.78 is 0. The van der Waals surface area contributed by atoms with Crippen molar-refractivity contribution in [2.45, 2.75) is 93.0 Å². The van der Waals surface area contributed by atoms with Crippen molar-refractivity contribution in [1.82, 2.24) is 14.9 Å². The van der Waals surface area contributed by atoms with E-state index in [9.17, 15) is 0 Å². The van der Waals surface area contributed by atoms with Crippen LogP contribution in [-0.2, 0) is 6.42 Å². The van der Waals surface area contributed by atoms with Crippen molar-refractivity contribution in [2.24, 2.45) is 21.2 Å². The maximum atomic E-state index is 4.59. The van der Waals surface area contributed by atoms with Gasteiger partial charge in [-0.1, -0.05) is 98.2 Å². The predicted octanol–water partition coefficient (Wildman–Crippen LogP) is 12.5. The minimum atomic E-state index is -0.120. The Morgan fingerprint density at radius 2 is 1.53 bits per heavy atom. The average Bonchev–Trinajstić information content (AvgIpc) is 3.43. The summed E-state index contributed by atoms with van der Waals surface area (Å²) in [4.78, 5) is 20.3. The fourth-order valence-electron chi connectivity index (χ4n) is 7.93. The molecule has 5 rings (SSSR count). The number of benzene rings is 1. The van der Waals surface area contributed by atoms with Crippen molar-refractivity contribution < 1.29 is 0 Å². The monoisotopic (exact) mass is 735 g/mol. The van der Waals surface area contributed by atoms with Crippen LogP contribution < -0.4 is 9.80 Å². The van der Waals surface area contributed by atoms with Gasteiger partial charge in [0.25, 0.3) is 0 Å². The molecule has 6 nitrogen and oxygen atoms in total. The largest absolute Gasteiger partial charge is 0.364 e. The lowest BCUT2D eigenvalue weighted by Crippen LogP contribution is -2.41. The van der Waals surface area contributed by atoms with Crippen molar-refractivity contribution in [3.8, 4) is 0 Å². The average molecular weight is 735 g/mol. The third-order valence-corrected chi connectivity index (χ3v) is 12.8. The second-order valence-electron chi connectivity index (χ2n) is 15.8. The van der Waals surface area contributed by atoms with Gasteiger partial charge in [-0.15, -0.1) is 0 Å². The van der Waals surface area contributed by atoms with E-state index in [0.29, 0.717) is 6.42 Å². The smallest absolute Gasteiger partial charge is 0.0749 e. The highest BCUT2D eigenvalue weighted by atomic mass is 15.3. The first-order valence-corrected chi connectivity index (χ1v) is 20.0. The number of rotatable bonds is 17. The molecule has 288 valence electrons. The number of likely N-dealkylation sites (N-methyl/N-ethyl adjacent to an activating group) is 1. The lowest BCUT2D eigenvalue weighted by molar-refractivity contribution is 0.155. The molecule has 0 radical (unpaired) electrons. The van der Waals surface area contributed by atoms with Crippen LogP contribution in [0, 0.1) is 16.2 Å². The second kappa shape index (κ2) is 17.9. The summed E-state index contributed by atoms with van der Waals surface area (Å²) in [5.74, 6) is 0. The number of anilines is 3. The van der Waals surface area contributed by atoms with Crippen molar-refractivity contribution in [3.63, 3.8) is 0 Å². The van der Waals surface area contributed by atoms with Gasteiger partial charge in [-0.2, -0.15) is 0 Å². The number of aromatic nitrogens is 2. The number of hydrogen-bond acceptors (Lipinski definition) is 6. The summed E-state index contributed by atoms with van der Waals surface area (Å²) in [6, 6.07) is 17.2. The molecule has 0 amide bonds. The normalized spacial score (nSPS) is 18.8. The Hall–Kier alpha value is -5.23. The Morgan fingerprint density at radius 3 is 2.11 bits per heavy atom. The molecule has 2 aromatic heterocycles. The summed E-state index contributed by atoms with van der Waals surface area (Å²) in [5.41, 5.74) is 8.93. The van der Waals surface area contributed by atoms with Crippen LogP contribution in [0.1, 0.15) is 86.1 Å². The van der Waals surface area contributed by atoms with E-state index < -0.39 is 0 Å². The van der Waals surface area contributed by atoms with E-state index in [2.05, 4.69) is 177 Å². The Morgan fingerprint density at radius 1 is 0.873 bits per heavy atom. The number of hydrogen-bond donors (Lipinski definition) is 0. The highest BCUT2D eigenvalue weighted by Crippen LogP contribution is 2.48. The van der Waals surface area contributed by atoms with E-state index in [0.717, 1.165) is 72.0 Å². The molecule has 2 aliphatic carbocycles. The van der Waals surface area contributed by atoms with Gasteiger partial charge in [-0.25, -0.2) is 0 Å². The summed E-state index contributed by atoms with van der Waals surface area (Å²) in [5, 5.41) is 0. The van der Waals surface area contributed by atoms with Crippen LogP contribution >= 0.6 is 0 Å². The lowest BCUT2D eigenvalue weighted by Gasteiger charge is -2.43. The maximum Gasteiger partial charge on any atom is 0.0749 e. The zero-order chi connectivity index (χ0) is 39.6. The predicted molar refractivity (Wildman–Crippen MR) is 235 cm³/mol. The molecular formula is C49H62N6. The second-order valence-corrected chi connectivity index (χ2v) is 15.8. The van der Waals surface area contributed by atoms with Crippen molar-refractivity contribution in [1.29, 1.82) is 0 Å². The third-order valence-electron chi connectivity index (χ3n) is 12.8. The first kappa shape index (κ1) is 40.9. The summed E-state index contributed by atoms with van der Waals surface area (Å²) in [7, 11) is 2.12. The van der Waals surface area contributed by atoms with Gasteiger partial charge < -0.3 is 14.7 Å². The standard InChI is InChI=1S/C49H62N6/c1-11-39(35-50-9)53(10)46-33-42(54(43-23-18-30-51-36-43)40-22-17-28-49(8,29-27-40)48(7,14-4)15-5)25-26-45(46)55(44-24-19-31-52-37-44)41-21-16-20-38(32-41)34-47(6,12-2)13-3/h11,16-32,35-37,46H,1,9,12-15,33-34H2,2-8,10H3/b39-35-. The molecule has 2 unspecified atom stereocenters. The summed E-state index contributed by atoms with van der Waals surface area (Å²) in [6.45, 7) is 24.3. The highest BCUT2D eigenvalue weighted by Gasteiger charge is 2.39. The summed E-state index contributed by atoms with van der Waals surface area (Å²) in [6.07, 6.45) is 33.5. The number of allylic oxidation sites excluding steroid dienone is 8. The topological polar surface area (TPSA) is 47.9 Å². The van der Waals surface area contributed by atoms with Crippen molar-refractivity contribution >= 4 is 23.8 Å². The molecule has 0 saturated carbocycles. The maximum absolute atomic E-state index is 4.59. The quantitative estimate of drug-likeness (QED) is 0.102. The lowest BCUT2D eigenvalue weighted by atomic mass is 9.62. The van der Waals surface area contributed by atoms with Gasteiger partial charge in [0.15, 0.2) is 0 Å². The molecule has 0 spiro atoms. The zero-order valence-corrected chi connectivity index (χ0v) is 34.5. The van der Waals surface area contributed by atoms with E-state index >= 15 is 0 Å². The molecule has 0 bridgehead atoms. The van der Waals surface area contributed by atoms with Crippen LogP contribution in [0.3, 0.4) is 0 Å². The molecule has 0 fully saturated rings. The van der Waals surface area contributed by atoms with Crippen LogP contribution in [0.2, 0.25) is 0 Å². The molecule has 3 aromatic rings. The van der Waals surface area contributed by atoms with Gasteiger partial charge in [-0.05, 0) is 109 Å². The van der Waals surface area contributed by atoms with E-state index in [1.54, 1.807) is 6.20 Å². The Labute approximate surface area is 331 Å². The van der Waals surface area contributed by atoms with Gasteiger partial charge in [0.05, 0.1) is 35.5 Å². The molecule has 0 saturated heterocycles. The minimum Gasteiger partial charge on any atom is -0.364 e. The van der Waals surface area contributed by atoms with Crippen molar-refractivity contribution in [3.05, 3.63) is 163 Å². The Kier molecular flexibility index (Phi) is 13.4. The molecule has 2 atom stereocenters. The third kappa shape index (κ3) is 8.85. The Balaban J connectivity index is 1.70. The van der Waals surface area contributed by atoms with Crippen molar-refractivity contribution in [2.75, 3.05) is 16.8 Å². The SMILES string of the molecule is C=C/C(=C/N=C)N(C)C1CC(N(C2=CC=CC(C)(C(C)(CC)CC)C=C2)c2cccnc2)=CC=C1N(c1cccnc1)c1cccc(CC(C)(CC)CC)c1. The first-order valence-electron chi connectivity index (χ1n) is 20.0. The molecule has 6 heteroatoms. The van der Waals surface area contributed by atoms with Crippen LogP contribution in [0.4, 0.5) is 17.1 Å². The van der Waals surface area contributed by atoms with E-state index in [4.69, 9.17) is 0 Å². The van der Waals surface area contributed by atoms with Gasteiger partial charge in [0.2, 0.25) is 0 Å². The van der Waals surface area contributed by atoms with Crippen LogP contribution in [0.5, 0.6) is 0 Å². The summed E-state index contributed by atoms with van der Waals surface area (Å²) >= 11 is 0. The molecule has 0 N–H and O–H groups in total. The Bertz CT molecular complexity index is 1960. The van der Waals surface area contributed by atoms with E-state index in [1.807, 2.05) is 43.0 Å². The molecule has 1 aromatic carbocycles. The van der Waals surface area contributed by atoms with Gasteiger partial charge >= 0.3 is 0 Å².